The second kappa shape index (κ2) is 6.69. The van der Waals surface area contributed by atoms with Crippen molar-refractivity contribution in [3.05, 3.63) is 64.6 Å². The molecular formula is C23H19F2NO4. The SMILES string of the molecule is O=C(O)[C@@H]1C2CCC(F)(F)C2CN1C(=O)OCC1C2=C(C=C=C=C2)c2ccccc21. The Balaban J connectivity index is 1.35. The van der Waals surface area contributed by atoms with Gasteiger partial charge in [-0.2, -0.15) is 0 Å². The van der Waals surface area contributed by atoms with Crippen LogP contribution < -0.4 is 0 Å². The summed E-state index contributed by atoms with van der Waals surface area (Å²) in [5, 5.41) is 9.59. The normalized spacial score (nSPS) is 29.7. The van der Waals surface area contributed by atoms with E-state index in [-0.39, 0.29) is 31.9 Å². The Kier molecular flexibility index (Phi) is 4.21. The van der Waals surface area contributed by atoms with E-state index < -0.39 is 35.9 Å². The van der Waals surface area contributed by atoms with Crippen LogP contribution in [0.4, 0.5) is 13.6 Å². The highest BCUT2D eigenvalue weighted by molar-refractivity contribution is 5.87. The van der Waals surface area contributed by atoms with E-state index in [2.05, 4.69) is 11.5 Å². The topological polar surface area (TPSA) is 66.8 Å². The van der Waals surface area contributed by atoms with Crippen LogP contribution in [0.2, 0.25) is 0 Å². The molecule has 1 aromatic rings. The Morgan fingerprint density at radius 2 is 2.00 bits per heavy atom. The number of ether oxygens (including phenoxy) is 1. The Hall–Kier alpha value is -3.14. The van der Waals surface area contributed by atoms with Crippen molar-refractivity contribution in [2.24, 2.45) is 11.8 Å². The van der Waals surface area contributed by atoms with Gasteiger partial charge in [-0.3, -0.25) is 4.90 Å². The van der Waals surface area contributed by atoms with E-state index in [0.29, 0.717) is 0 Å². The maximum atomic E-state index is 14.2. The molecule has 1 aromatic carbocycles. The summed E-state index contributed by atoms with van der Waals surface area (Å²) in [5.74, 6) is -6.33. The summed E-state index contributed by atoms with van der Waals surface area (Å²) >= 11 is 0. The van der Waals surface area contributed by atoms with Gasteiger partial charge in [0.15, 0.2) is 0 Å². The van der Waals surface area contributed by atoms with Gasteiger partial charge in [-0.15, -0.1) is 0 Å². The minimum Gasteiger partial charge on any atom is -0.480 e. The number of hydrogen-bond acceptors (Lipinski definition) is 3. The number of carboxylic acid groups (broad SMARTS) is 1. The number of hydrogen-bond donors (Lipinski definition) is 1. The number of benzene rings is 1. The van der Waals surface area contributed by atoms with Gasteiger partial charge in [-0.1, -0.05) is 35.7 Å². The zero-order valence-electron chi connectivity index (χ0n) is 16.0. The molecule has 1 N–H and O–H groups in total. The van der Waals surface area contributed by atoms with Crippen LogP contribution in [0.3, 0.4) is 0 Å². The average molecular weight is 411 g/mol. The number of halogens is 2. The summed E-state index contributed by atoms with van der Waals surface area (Å²) in [6.07, 6.45) is 2.53. The molecule has 4 atom stereocenters. The number of allylic oxidation sites excluding steroid dienone is 3. The molecule has 1 saturated carbocycles. The quantitative estimate of drug-likeness (QED) is 0.764. The molecule has 5 rings (SSSR count). The monoisotopic (exact) mass is 411 g/mol. The number of fused-ring (bicyclic) bond motifs is 3. The van der Waals surface area contributed by atoms with E-state index >= 15 is 0 Å². The van der Waals surface area contributed by atoms with Crippen LogP contribution in [0.15, 0.2) is 53.5 Å². The zero-order chi connectivity index (χ0) is 21.0. The van der Waals surface area contributed by atoms with Gasteiger partial charge in [0.1, 0.15) is 12.6 Å². The van der Waals surface area contributed by atoms with Crippen LogP contribution >= 0.6 is 0 Å². The van der Waals surface area contributed by atoms with E-state index in [1.807, 2.05) is 30.3 Å². The molecule has 0 bridgehead atoms. The third-order valence-corrected chi connectivity index (χ3v) is 6.71. The number of carbonyl (C=O) groups excluding carboxylic acids is 1. The van der Waals surface area contributed by atoms with Crippen molar-refractivity contribution in [3.63, 3.8) is 0 Å². The summed E-state index contributed by atoms with van der Waals surface area (Å²) in [4.78, 5) is 25.5. The number of alkyl halides is 2. The van der Waals surface area contributed by atoms with E-state index in [1.54, 1.807) is 6.08 Å². The summed E-state index contributed by atoms with van der Waals surface area (Å²) in [7, 11) is 0. The van der Waals surface area contributed by atoms with Gasteiger partial charge >= 0.3 is 12.1 Å². The van der Waals surface area contributed by atoms with Gasteiger partial charge < -0.3 is 9.84 Å². The largest absolute Gasteiger partial charge is 0.480 e. The fourth-order valence-corrected chi connectivity index (χ4v) is 5.31. The molecule has 0 spiro atoms. The van der Waals surface area contributed by atoms with Crippen LogP contribution in [0.25, 0.3) is 5.57 Å². The molecule has 3 unspecified atom stereocenters. The van der Waals surface area contributed by atoms with E-state index in [0.717, 1.165) is 27.2 Å². The number of amides is 1. The first-order chi connectivity index (χ1) is 14.4. The lowest BCUT2D eigenvalue weighted by Gasteiger charge is -2.25. The lowest BCUT2D eigenvalue weighted by Crippen LogP contribution is -2.44. The van der Waals surface area contributed by atoms with Crippen molar-refractivity contribution in [2.75, 3.05) is 13.2 Å². The predicted octanol–water partition coefficient (Wildman–Crippen LogP) is 3.98. The van der Waals surface area contributed by atoms with Crippen molar-refractivity contribution < 1.29 is 28.2 Å². The van der Waals surface area contributed by atoms with Crippen LogP contribution in [0, 0.1) is 11.8 Å². The van der Waals surface area contributed by atoms with E-state index in [4.69, 9.17) is 4.74 Å². The standard InChI is InChI=1S/C23H19F2NO4/c24-23(25)10-9-17-19(23)11-26(20(17)21(27)28)22(29)30-12-18-15-7-3-1-5-13(15)14-6-2-4-8-16(14)18/h1,3,5-8,17-20H,9-12H2,(H,27,28)/t17?,18?,19?,20-/m0/s1. The van der Waals surface area contributed by atoms with E-state index in [1.165, 1.54) is 0 Å². The van der Waals surface area contributed by atoms with Crippen LogP contribution in [-0.4, -0.2) is 47.2 Å². The van der Waals surface area contributed by atoms with Crippen LogP contribution in [0.5, 0.6) is 0 Å². The Morgan fingerprint density at radius 3 is 2.80 bits per heavy atom. The molecule has 5 nitrogen and oxygen atoms in total. The zero-order valence-corrected chi connectivity index (χ0v) is 16.0. The molecule has 3 aliphatic carbocycles. The minimum atomic E-state index is -2.96. The highest BCUT2D eigenvalue weighted by Gasteiger charge is 2.61. The minimum absolute atomic E-state index is 0.00470. The van der Waals surface area contributed by atoms with Gasteiger partial charge in [0.05, 0.1) is 0 Å². The van der Waals surface area contributed by atoms with Gasteiger partial charge in [0.25, 0.3) is 5.92 Å². The number of rotatable bonds is 3. The predicted molar refractivity (Wildman–Crippen MR) is 103 cm³/mol. The Bertz CT molecular complexity index is 1080. The molecule has 1 aliphatic heterocycles. The first kappa shape index (κ1) is 18.9. The molecule has 1 amide bonds. The molecule has 2 fully saturated rings. The summed E-state index contributed by atoms with van der Waals surface area (Å²) in [5.41, 5.74) is 9.81. The summed E-state index contributed by atoms with van der Waals surface area (Å²) < 4.78 is 33.8. The van der Waals surface area contributed by atoms with Gasteiger partial charge in [0.2, 0.25) is 0 Å². The number of carbonyl (C=O) groups is 2. The molecule has 1 saturated heterocycles. The van der Waals surface area contributed by atoms with Crippen molar-refractivity contribution >= 4 is 17.6 Å². The molecule has 7 heteroatoms. The summed E-state index contributed by atoms with van der Waals surface area (Å²) in [6, 6.07) is 6.48. The lowest BCUT2D eigenvalue weighted by molar-refractivity contribution is -0.143. The van der Waals surface area contributed by atoms with Gasteiger partial charge in [-0.05, 0) is 40.8 Å². The summed E-state index contributed by atoms with van der Waals surface area (Å²) in [6.45, 7) is -0.302. The van der Waals surface area contributed by atoms with Crippen molar-refractivity contribution in [1.82, 2.24) is 4.90 Å². The Morgan fingerprint density at radius 1 is 1.23 bits per heavy atom. The van der Waals surface area contributed by atoms with Crippen molar-refractivity contribution in [2.45, 2.75) is 30.7 Å². The molecular weight excluding hydrogens is 392 g/mol. The van der Waals surface area contributed by atoms with Gasteiger partial charge in [-0.25, -0.2) is 18.4 Å². The van der Waals surface area contributed by atoms with Crippen molar-refractivity contribution in [3.8, 4) is 0 Å². The highest BCUT2D eigenvalue weighted by Crippen LogP contribution is 2.51. The van der Waals surface area contributed by atoms with Crippen molar-refractivity contribution in [1.29, 1.82) is 0 Å². The second-order valence-electron chi connectivity index (χ2n) is 8.17. The first-order valence-electron chi connectivity index (χ1n) is 9.93. The molecule has 30 heavy (non-hydrogen) atoms. The maximum absolute atomic E-state index is 14.2. The van der Waals surface area contributed by atoms with Crippen LogP contribution in [-0.2, 0) is 9.53 Å². The molecule has 0 aromatic heterocycles. The number of carboxylic acids is 1. The highest BCUT2D eigenvalue weighted by atomic mass is 19.3. The maximum Gasteiger partial charge on any atom is 0.410 e. The molecule has 154 valence electrons. The molecule has 1 heterocycles. The second-order valence-corrected chi connectivity index (χ2v) is 8.17. The smallest absolute Gasteiger partial charge is 0.410 e. The third-order valence-electron chi connectivity index (χ3n) is 6.71. The lowest BCUT2D eigenvalue weighted by atomic mass is 9.93. The number of aliphatic carboxylic acids is 1. The molecule has 0 radical (unpaired) electrons. The van der Waals surface area contributed by atoms with E-state index in [9.17, 15) is 23.5 Å². The fraction of sp³-hybridized carbons (Fsp3) is 0.391. The fourth-order valence-electron chi connectivity index (χ4n) is 5.31. The molecule has 4 aliphatic rings. The van der Waals surface area contributed by atoms with Gasteiger partial charge in [0, 0.05) is 30.7 Å². The number of likely N-dealkylation sites (tertiary alicyclic amines) is 1. The van der Waals surface area contributed by atoms with Crippen LogP contribution in [0.1, 0.15) is 29.9 Å². The number of nitrogens with zero attached hydrogens (tertiary/aromatic N) is 1. The first-order valence-corrected chi connectivity index (χ1v) is 9.93. The Labute approximate surface area is 171 Å². The average Bonchev–Trinajstić information content (AvgIpc) is 3.36. The third kappa shape index (κ3) is 2.74.